The van der Waals surface area contributed by atoms with E-state index in [1.807, 2.05) is 36.4 Å². The Morgan fingerprint density at radius 3 is 2.58 bits per heavy atom. The molecule has 0 unspecified atom stereocenters. The number of hydrogen-bond acceptors (Lipinski definition) is 5. The summed E-state index contributed by atoms with van der Waals surface area (Å²) in [7, 11) is 0. The minimum atomic E-state index is 0.103. The average molecular weight is 369 g/mol. The van der Waals surface area contributed by atoms with Crippen LogP contribution in [-0.4, -0.2) is 21.1 Å². The van der Waals surface area contributed by atoms with Crippen LogP contribution in [0.1, 0.15) is 20.3 Å². The van der Waals surface area contributed by atoms with Gasteiger partial charge in [-0.3, -0.25) is 0 Å². The van der Waals surface area contributed by atoms with Gasteiger partial charge in [0.2, 0.25) is 5.95 Å². The molecule has 0 fully saturated rings. The molecule has 0 aliphatic rings. The summed E-state index contributed by atoms with van der Waals surface area (Å²) >= 11 is 6.03. The molecule has 0 aliphatic carbocycles. The van der Waals surface area contributed by atoms with Gasteiger partial charge in [-0.2, -0.15) is 4.98 Å². The predicted molar refractivity (Wildman–Crippen MR) is 107 cm³/mol. The smallest absolute Gasteiger partial charge is 0.225 e. The Morgan fingerprint density at radius 2 is 1.85 bits per heavy atom. The van der Waals surface area contributed by atoms with Crippen LogP contribution in [0, 0.1) is 0 Å². The molecule has 26 heavy (non-hydrogen) atoms. The van der Waals surface area contributed by atoms with Crippen LogP contribution < -0.4 is 10.6 Å². The lowest BCUT2D eigenvalue weighted by Crippen LogP contribution is -2.16. The van der Waals surface area contributed by atoms with Crippen molar-refractivity contribution in [2.45, 2.75) is 26.3 Å². The van der Waals surface area contributed by atoms with Crippen molar-refractivity contribution < 1.29 is 5.11 Å². The van der Waals surface area contributed by atoms with Crippen LogP contribution in [-0.2, 0) is 0 Å². The van der Waals surface area contributed by atoms with Crippen molar-refractivity contribution in [2.75, 3.05) is 10.6 Å². The summed E-state index contributed by atoms with van der Waals surface area (Å²) in [6.07, 6.45) is 0.955. The fourth-order valence-corrected chi connectivity index (χ4v) is 2.57. The first kappa shape index (κ1) is 18.0. The molecular formula is C20H21ClN4O. The fourth-order valence-electron chi connectivity index (χ4n) is 2.40. The number of benzene rings is 2. The highest BCUT2D eigenvalue weighted by atomic mass is 35.5. The van der Waals surface area contributed by atoms with Gasteiger partial charge >= 0.3 is 0 Å². The quantitative estimate of drug-likeness (QED) is 0.504. The number of hydrogen-bond donors (Lipinski definition) is 3. The summed E-state index contributed by atoms with van der Waals surface area (Å²) in [6, 6.07) is 16.8. The van der Waals surface area contributed by atoms with E-state index in [1.165, 1.54) is 0 Å². The lowest BCUT2D eigenvalue weighted by atomic mass is 10.1. The number of nitrogens with one attached hydrogen (secondary N) is 2. The Morgan fingerprint density at radius 1 is 1.08 bits per heavy atom. The van der Waals surface area contributed by atoms with Gasteiger partial charge in [-0.05, 0) is 31.5 Å². The van der Waals surface area contributed by atoms with Crippen LogP contribution in [0.3, 0.4) is 0 Å². The monoisotopic (exact) mass is 368 g/mol. The number of halogens is 1. The molecule has 2 aromatic carbocycles. The Hall–Kier alpha value is -2.79. The molecule has 3 rings (SSSR count). The van der Waals surface area contributed by atoms with E-state index < -0.39 is 0 Å². The van der Waals surface area contributed by atoms with Gasteiger partial charge in [0.05, 0.1) is 11.4 Å². The maximum atomic E-state index is 10.1. The lowest BCUT2D eigenvalue weighted by Gasteiger charge is -2.15. The molecule has 1 aromatic heterocycles. The molecule has 1 heterocycles. The van der Waals surface area contributed by atoms with Crippen LogP contribution in [0.25, 0.3) is 11.3 Å². The summed E-state index contributed by atoms with van der Waals surface area (Å²) in [4.78, 5) is 9.15. The summed E-state index contributed by atoms with van der Waals surface area (Å²) in [5, 5.41) is 17.0. The zero-order chi connectivity index (χ0) is 18.5. The molecule has 6 heteroatoms. The molecule has 5 nitrogen and oxygen atoms in total. The van der Waals surface area contributed by atoms with E-state index in [0.717, 1.165) is 17.7 Å². The third-order valence-electron chi connectivity index (χ3n) is 4.00. The van der Waals surface area contributed by atoms with E-state index in [4.69, 9.17) is 11.6 Å². The fraction of sp³-hybridized carbons (Fsp3) is 0.200. The number of anilines is 3. The average Bonchev–Trinajstić information content (AvgIpc) is 2.65. The van der Waals surface area contributed by atoms with E-state index in [2.05, 4.69) is 34.4 Å². The maximum Gasteiger partial charge on any atom is 0.225 e. The van der Waals surface area contributed by atoms with Gasteiger partial charge in [-0.15, -0.1) is 0 Å². The van der Waals surface area contributed by atoms with Crippen molar-refractivity contribution >= 4 is 29.1 Å². The lowest BCUT2D eigenvalue weighted by molar-refractivity contribution is 0.477. The SMILES string of the molecule is CC[C@H](C)Nc1nc(Nc2cc(Cl)ccc2O)cc(-c2ccccc2)n1. The van der Waals surface area contributed by atoms with Crippen molar-refractivity contribution in [3.05, 3.63) is 59.6 Å². The molecule has 0 saturated carbocycles. The second-order valence-electron chi connectivity index (χ2n) is 6.07. The first-order valence-electron chi connectivity index (χ1n) is 8.51. The van der Waals surface area contributed by atoms with Crippen molar-refractivity contribution in [1.82, 2.24) is 9.97 Å². The Balaban J connectivity index is 2.00. The van der Waals surface area contributed by atoms with Gasteiger partial charge < -0.3 is 15.7 Å². The Labute approximate surface area is 158 Å². The number of phenols is 1. The summed E-state index contributed by atoms with van der Waals surface area (Å²) in [5.41, 5.74) is 2.26. The van der Waals surface area contributed by atoms with Crippen LogP contribution in [0.15, 0.2) is 54.6 Å². The number of aromatic hydroxyl groups is 1. The standard InChI is InChI=1S/C20H21ClN4O/c1-3-13(2)22-20-24-16(14-7-5-4-6-8-14)12-19(25-20)23-17-11-15(21)9-10-18(17)26/h4-13,26H,3H2,1-2H3,(H2,22,23,24,25)/t13-/m0/s1. The molecule has 0 aliphatic heterocycles. The van der Waals surface area contributed by atoms with Crippen LogP contribution in [0.2, 0.25) is 5.02 Å². The van der Waals surface area contributed by atoms with Crippen LogP contribution >= 0.6 is 11.6 Å². The predicted octanol–water partition coefficient (Wildman–Crippen LogP) is 5.46. The van der Waals surface area contributed by atoms with Crippen molar-refractivity contribution in [1.29, 1.82) is 0 Å². The molecule has 0 saturated heterocycles. The first-order chi connectivity index (χ1) is 12.5. The molecule has 0 spiro atoms. The van der Waals surface area contributed by atoms with Crippen molar-refractivity contribution in [2.24, 2.45) is 0 Å². The number of nitrogens with zero attached hydrogens (tertiary/aromatic N) is 2. The third-order valence-corrected chi connectivity index (χ3v) is 4.24. The van der Waals surface area contributed by atoms with Gasteiger partial charge in [-0.25, -0.2) is 4.98 Å². The van der Waals surface area contributed by atoms with Gasteiger partial charge in [-0.1, -0.05) is 48.9 Å². The van der Waals surface area contributed by atoms with E-state index in [9.17, 15) is 5.11 Å². The summed E-state index contributed by atoms with van der Waals surface area (Å²) in [5.74, 6) is 1.21. The minimum absolute atomic E-state index is 0.103. The highest BCUT2D eigenvalue weighted by molar-refractivity contribution is 6.31. The Bertz CT molecular complexity index is 886. The topological polar surface area (TPSA) is 70.1 Å². The summed E-state index contributed by atoms with van der Waals surface area (Å²) in [6.45, 7) is 4.18. The molecule has 0 radical (unpaired) electrons. The second-order valence-corrected chi connectivity index (χ2v) is 6.50. The number of aromatic nitrogens is 2. The molecule has 3 aromatic rings. The second kappa shape index (κ2) is 8.06. The van der Waals surface area contributed by atoms with Gasteiger partial charge in [0.25, 0.3) is 0 Å². The van der Waals surface area contributed by atoms with E-state index in [-0.39, 0.29) is 11.8 Å². The normalized spacial score (nSPS) is 11.8. The first-order valence-corrected chi connectivity index (χ1v) is 8.89. The largest absolute Gasteiger partial charge is 0.506 e. The molecule has 134 valence electrons. The molecule has 1 atom stereocenters. The maximum absolute atomic E-state index is 10.1. The highest BCUT2D eigenvalue weighted by Gasteiger charge is 2.10. The van der Waals surface area contributed by atoms with Gasteiger partial charge in [0.1, 0.15) is 11.6 Å². The van der Waals surface area contributed by atoms with E-state index in [0.29, 0.717) is 22.5 Å². The van der Waals surface area contributed by atoms with E-state index >= 15 is 0 Å². The third kappa shape index (κ3) is 4.43. The number of phenolic OH excluding ortho intramolecular Hbond substituents is 1. The van der Waals surface area contributed by atoms with Crippen LogP contribution in [0.5, 0.6) is 5.75 Å². The zero-order valence-electron chi connectivity index (χ0n) is 14.7. The van der Waals surface area contributed by atoms with Crippen molar-refractivity contribution in [3.8, 4) is 17.0 Å². The molecule has 3 N–H and O–H groups in total. The molecule has 0 amide bonds. The van der Waals surface area contributed by atoms with Gasteiger partial charge in [0.15, 0.2) is 0 Å². The van der Waals surface area contributed by atoms with Crippen molar-refractivity contribution in [3.63, 3.8) is 0 Å². The van der Waals surface area contributed by atoms with E-state index in [1.54, 1.807) is 18.2 Å². The molecule has 0 bridgehead atoms. The summed E-state index contributed by atoms with van der Waals surface area (Å²) < 4.78 is 0. The zero-order valence-corrected chi connectivity index (χ0v) is 15.5. The minimum Gasteiger partial charge on any atom is -0.506 e. The highest BCUT2D eigenvalue weighted by Crippen LogP contribution is 2.30. The van der Waals surface area contributed by atoms with Gasteiger partial charge in [0, 0.05) is 22.7 Å². The van der Waals surface area contributed by atoms with Crippen LogP contribution in [0.4, 0.5) is 17.5 Å². The Kier molecular flexibility index (Phi) is 5.58. The number of rotatable bonds is 6. The molecular weight excluding hydrogens is 348 g/mol.